The summed E-state index contributed by atoms with van der Waals surface area (Å²) in [7, 11) is 0. The van der Waals surface area contributed by atoms with E-state index in [-0.39, 0.29) is 23.7 Å². The van der Waals surface area contributed by atoms with Crippen molar-refractivity contribution in [3.8, 4) is 5.69 Å². The number of aromatic nitrogens is 3. The van der Waals surface area contributed by atoms with Crippen LogP contribution < -0.4 is 5.32 Å². The van der Waals surface area contributed by atoms with E-state index in [4.69, 9.17) is 4.74 Å². The number of carbonyl (C=O) groups is 1. The maximum Gasteiger partial charge on any atom is 0.226 e. The van der Waals surface area contributed by atoms with E-state index >= 15 is 0 Å². The number of benzene rings is 1. The second-order valence-corrected chi connectivity index (χ2v) is 6.76. The molecular weight excluding hydrogens is 359 g/mol. The molecule has 0 saturated carbocycles. The molecule has 0 radical (unpaired) electrons. The highest BCUT2D eigenvalue weighted by Gasteiger charge is 2.36. The largest absolute Gasteiger partial charge is 0.373 e. The standard InChI is InChI=1S/C21H21FN4O2/c22-18-5-1-2-6-19(18)26-14-16(13-25-26)20-17(8-11-28-20)21(27)24-10-7-15-4-3-9-23-12-15/h1-6,9,12-14,17,20H,7-8,10-11H2,(H,24,27)/t17-,20+/m0/s1. The molecule has 2 atom stereocenters. The van der Waals surface area contributed by atoms with Gasteiger partial charge in [-0.3, -0.25) is 9.78 Å². The molecular formula is C21H21FN4O2. The molecule has 0 unspecified atom stereocenters. The van der Waals surface area contributed by atoms with E-state index in [1.54, 1.807) is 43.0 Å². The van der Waals surface area contributed by atoms with Crippen LogP contribution in [0.15, 0.2) is 61.2 Å². The predicted octanol–water partition coefficient (Wildman–Crippen LogP) is 2.84. The molecule has 1 aromatic carbocycles. The van der Waals surface area contributed by atoms with Gasteiger partial charge >= 0.3 is 0 Å². The lowest BCUT2D eigenvalue weighted by molar-refractivity contribution is -0.126. The molecule has 0 bridgehead atoms. The summed E-state index contributed by atoms with van der Waals surface area (Å²) >= 11 is 0. The first-order valence-corrected chi connectivity index (χ1v) is 9.30. The number of hydrogen-bond donors (Lipinski definition) is 1. The van der Waals surface area contributed by atoms with Gasteiger partial charge in [-0.2, -0.15) is 5.10 Å². The van der Waals surface area contributed by atoms with Crippen LogP contribution in [-0.2, 0) is 16.0 Å². The second kappa shape index (κ2) is 8.31. The molecule has 6 nitrogen and oxygen atoms in total. The van der Waals surface area contributed by atoms with Gasteiger partial charge in [-0.1, -0.05) is 18.2 Å². The lowest BCUT2D eigenvalue weighted by Gasteiger charge is -2.17. The maximum absolute atomic E-state index is 14.0. The Morgan fingerprint density at radius 2 is 2.14 bits per heavy atom. The molecule has 3 heterocycles. The Morgan fingerprint density at radius 1 is 1.25 bits per heavy atom. The van der Waals surface area contributed by atoms with Crippen molar-refractivity contribution < 1.29 is 13.9 Å². The molecule has 4 rings (SSSR count). The summed E-state index contributed by atoms with van der Waals surface area (Å²) < 4.78 is 21.3. The van der Waals surface area contributed by atoms with Gasteiger partial charge in [-0.15, -0.1) is 0 Å². The number of ether oxygens (including phenoxy) is 1. The number of halogens is 1. The molecule has 1 N–H and O–H groups in total. The van der Waals surface area contributed by atoms with Gasteiger partial charge in [0.25, 0.3) is 0 Å². The van der Waals surface area contributed by atoms with Crippen LogP contribution >= 0.6 is 0 Å². The van der Waals surface area contributed by atoms with Crippen molar-refractivity contribution in [3.05, 3.63) is 78.1 Å². The predicted molar refractivity (Wildman–Crippen MR) is 101 cm³/mol. The van der Waals surface area contributed by atoms with Crippen LogP contribution in [0.2, 0.25) is 0 Å². The Labute approximate surface area is 162 Å². The maximum atomic E-state index is 14.0. The van der Waals surface area contributed by atoms with Gasteiger partial charge in [0, 0.05) is 37.3 Å². The molecule has 1 amide bonds. The monoisotopic (exact) mass is 380 g/mol. The van der Waals surface area contributed by atoms with Crippen molar-refractivity contribution >= 4 is 5.91 Å². The van der Waals surface area contributed by atoms with Crippen LogP contribution in [0.25, 0.3) is 5.69 Å². The lowest BCUT2D eigenvalue weighted by atomic mass is 9.96. The number of carbonyl (C=O) groups excluding carboxylic acids is 1. The first kappa shape index (κ1) is 18.3. The molecule has 144 valence electrons. The Bertz CT molecular complexity index is 944. The number of pyridine rings is 1. The number of nitrogens with zero attached hydrogens (tertiary/aromatic N) is 3. The Kier molecular flexibility index (Phi) is 5.43. The van der Waals surface area contributed by atoms with E-state index in [1.165, 1.54) is 10.7 Å². The highest BCUT2D eigenvalue weighted by molar-refractivity contribution is 5.79. The number of para-hydroxylation sites is 1. The molecule has 28 heavy (non-hydrogen) atoms. The number of rotatable bonds is 6. The van der Waals surface area contributed by atoms with Crippen LogP contribution in [-0.4, -0.2) is 33.8 Å². The van der Waals surface area contributed by atoms with Crippen LogP contribution in [0.1, 0.15) is 23.7 Å². The Balaban J connectivity index is 1.41. The van der Waals surface area contributed by atoms with Crippen LogP contribution in [0, 0.1) is 11.7 Å². The smallest absolute Gasteiger partial charge is 0.226 e. The fourth-order valence-corrected chi connectivity index (χ4v) is 3.45. The molecule has 0 aliphatic carbocycles. The van der Waals surface area contributed by atoms with E-state index in [1.807, 2.05) is 12.1 Å². The van der Waals surface area contributed by atoms with Crippen LogP contribution in [0.5, 0.6) is 0 Å². The summed E-state index contributed by atoms with van der Waals surface area (Å²) in [6.07, 6.45) is 7.88. The summed E-state index contributed by atoms with van der Waals surface area (Å²) in [5.41, 5.74) is 2.21. The van der Waals surface area contributed by atoms with E-state index in [0.717, 1.165) is 17.5 Å². The van der Waals surface area contributed by atoms with Crippen molar-refractivity contribution in [2.45, 2.75) is 18.9 Å². The molecule has 2 aromatic heterocycles. The zero-order valence-electron chi connectivity index (χ0n) is 15.3. The second-order valence-electron chi connectivity index (χ2n) is 6.76. The third-order valence-corrected chi connectivity index (χ3v) is 4.89. The third kappa shape index (κ3) is 3.94. The fraction of sp³-hybridized carbons (Fsp3) is 0.286. The first-order valence-electron chi connectivity index (χ1n) is 9.30. The highest BCUT2D eigenvalue weighted by atomic mass is 19.1. The summed E-state index contributed by atoms with van der Waals surface area (Å²) in [6.45, 7) is 1.05. The minimum Gasteiger partial charge on any atom is -0.373 e. The minimum absolute atomic E-state index is 0.0370. The summed E-state index contributed by atoms with van der Waals surface area (Å²) in [5, 5.41) is 7.23. The van der Waals surface area contributed by atoms with Crippen LogP contribution in [0.3, 0.4) is 0 Å². The van der Waals surface area contributed by atoms with E-state index in [9.17, 15) is 9.18 Å². The highest BCUT2D eigenvalue weighted by Crippen LogP contribution is 2.34. The zero-order chi connectivity index (χ0) is 19.3. The first-order chi connectivity index (χ1) is 13.7. The van der Waals surface area contributed by atoms with Crippen molar-refractivity contribution in [1.82, 2.24) is 20.1 Å². The molecule has 1 aliphatic rings. The van der Waals surface area contributed by atoms with Gasteiger partial charge < -0.3 is 10.1 Å². The Morgan fingerprint density at radius 3 is 2.96 bits per heavy atom. The lowest BCUT2D eigenvalue weighted by Crippen LogP contribution is -2.33. The number of nitrogens with one attached hydrogen (secondary N) is 1. The zero-order valence-corrected chi connectivity index (χ0v) is 15.3. The SMILES string of the molecule is O=C(NCCc1cccnc1)[C@H]1CCO[C@@H]1c1cnn(-c2ccccc2F)c1. The molecule has 1 saturated heterocycles. The van der Waals surface area contributed by atoms with Crippen molar-refractivity contribution in [2.75, 3.05) is 13.2 Å². The van der Waals surface area contributed by atoms with Gasteiger partial charge in [0.1, 0.15) is 11.5 Å². The molecule has 1 aliphatic heterocycles. The minimum atomic E-state index is -0.376. The van der Waals surface area contributed by atoms with Gasteiger partial charge in [-0.25, -0.2) is 9.07 Å². The summed E-state index contributed by atoms with van der Waals surface area (Å²) in [5.74, 6) is -0.675. The van der Waals surface area contributed by atoms with E-state index in [0.29, 0.717) is 25.3 Å². The van der Waals surface area contributed by atoms with Gasteiger partial charge in [0.05, 0.1) is 18.2 Å². The normalized spacial score (nSPS) is 18.9. The summed E-state index contributed by atoms with van der Waals surface area (Å²) in [6, 6.07) is 10.3. The van der Waals surface area contributed by atoms with E-state index in [2.05, 4.69) is 15.4 Å². The van der Waals surface area contributed by atoms with Crippen molar-refractivity contribution in [2.24, 2.45) is 5.92 Å². The molecule has 3 aromatic rings. The fourth-order valence-electron chi connectivity index (χ4n) is 3.45. The van der Waals surface area contributed by atoms with Crippen LogP contribution in [0.4, 0.5) is 4.39 Å². The van der Waals surface area contributed by atoms with Gasteiger partial charge in [0.15, 0.2) is 0 Å². The third-order valence-electron chi connectivity index (χ3n) is 4.89. The average molecular weight is 380 g/mol. The van der Waals surface area contributed by atoms with Crippen molar-refractivity contribution in [1.29, 1.82) is 0 Å². The van der Waals surface area contributed by atoms with Gasteiger partial charge in [0.2, 0.25) is 5.91 Å². The molecule has 1 fully saturated rings. The van der Waals surface area contributed by atoms with Crippen molar-refractivity contribution in [3.63, 3.8) is 0 Å². The quantitative estimate of drug-likeness (QED) is 0.714. The molecule has 0 spiro atoms. The topological polar surface area (TPSA) is 69.0 Å². The number of amides is 1. The summed E-state index contributed by atoms with van der Waals surface area (Å²) in [4.78, 5) is 16.7. The number of hydrogen-bond acceptors (Lipinski definition) is 4. The molecule has 7 heteroatoms. The Hall–Kier alpha value is -3.06. The van der Waals surface area contributed by atoms with Gasteiger partial charge in [-0.05, 0) is 36.6 Å². The van der Waals surface area contributed by atoms with E-state index < -0.39 is 0 Å². The average Bonchev–Trinajstić information content (AvgIpc) is 3.38.